The third kappa shape index (κ3) is 3.59. The first-order valence-electron chi connectivity index (χ1n) is 6.84. The molecule has 1 aliphatic rings. The minimum Gasteiger partial charge on any atom is -0.487 e. The molecule has 5 heteroatoms. The molecule has 1 saturated heterocycles. The summed E-state index contributed by atoms with van der Waals surface area (Å²) in [4.78, 5) is 4.72. The van der Waals surface area contributed by atoms with E-state index in [1.54, 1.807) is 11.3 Å². The molecule has 2 heterocycles. The Kier molecular flexibility index (Phi) is 4.70. The van der Waals surface area contributed by atoms with E-state index in [1.165, 1.54) is 17.8 Å². The highest BCUT2D eigenvalue weighted by Crippen LogP contribution is 2.28. The van der Waals surface area contributed by atoms with Crippen molar-refractivity contribution in [3.8, 4) is 5.75 Å². The highest BCUT2D eigenvalue weighted by molar-refractivity contribution is 9.10. The van der Waals surface area contributed by atoms with Gasteiger partial charge in [-0.1, -0.05) is 15.9 Å². The SMILES string of the molecule is Brc1ccc(OCc2csc(C3CCNCC3)n2)cc1. The van der Waals surface area contributed by atoms with Crippen LogP contribution in [0, 0.1) is 0 Å². The fourth-order valence-corrected chi connectivity index (χ4v) is 3.57. The molecule has 0 saturated carbocycles. The van der Waals surface area contributed by atoms with Crippen LogP contribution in [0.15, 0.2) is 34.1 Å². The Morgan fingerprint density at radius 1 is 1.25 bits per heavy atom. The molecule has 1 aromatic heterocycles. The number of thiazole rings is 1. The minimum atomic E-state index is 0.545. The van der Waals surface area contributed by atoms with E-state index in [9.17, 15) is 0 Å². The van der Waals surface area contributed by atoms with Crippen molar-refractivity contribution in [2.24, 2.45) is 0 Å². The zero-order chi connectivity index (χ0) is 13.8. The molecule has 0 radical (unpaired) electrons. The number of nitrogens with zero attached hydrogens (tertiary/aromatic N) is 1. The molecule has 0 amide bonds. The lowest BCUT2D eigenvalue weighted by Gasteiger charge is -2.20. The Hall–Kier alpha value is -0.910. The predicted octanol–water partition coefficient (Wildman–Crippen LogP) is 3.95. The summed E-state index contributed by atoms with van der Waals surface area (Å²) >= 11 is 5.18. The Bertz CT molecular complexity index is 549. The van der Waals surface area contributed by atoms with Crippen molar-refractivity contribution in [2.75, 3.05) is 13.1 Å². The van der Waals surface area contributed by atoms with E-state index in [0.717, 1.165) is 29.0 Å². The molecule has 1 aromatic carbocycles. The maximum atomic E-state index is 5.76. The van der Waals surface area contributed by atoms with E-state index in [2.05, 4.69) is 26.6 Å². The van der Waals surface area contributed by atoms with Crippen LogP contribution in [0.25, 0.3) is 0 Å². The van der Waals surface area contributed by atoms with Crippen LogP contribution in [0.5, 0.6) is 5.75 Å². The summed E-state index contributed by atoms with van der Waals surface area (Å²) in [5.74, 6) is 1.51. The second-order valence-electron chi connectivity index (χ2n) is 4.94. The largest absolute Gasteiger partial charge is 0.487 e. The van der Waals surface area contributed by atoms with Gasteiger partial charge in [-0.25, -0.2) is 4.98 Å². The third-order valence-electron chi connectivity index (χ3n) is 3.46. The van der Waals surface area contributed by atoms with Crippen molar-refractivity contribution in [3.63, 3.8) is 0 Å². The zero-order valence-corrected chi connectivity index (χ0v) is 13.5. The second kappa shape index (κ2) is 6.70. The molecular weight excluding hydrogens is 336 g/mol. The molecule has 1 N–H and O–H groups in total. The number of halogens is 1. The number of hydrogen-bond acceptors (Lipinski definition) is 4. The van der Waals surface area contributed by atoms with Crippen LogP contribution in [0.3, 0.4) is 0 Å². The average Bonchev–Trinajstić information content (AvgIpc) is 2.97. The summed E-state index contributed by atoms with van der Waals surface area (Å²) in [6, 6.07) is 7.89. The molecule has 3 nitrogen and oxygen atoms in total. The summed E-state index contributed by atoms with van der Waals surface area (Å²) in [5, 5.41) is 6.78. The number of nitrogens with one attached hydrogen (secondary N) is 1. The van der Waals surface area contributed by atoms with Gasteiger partial charge in [-0.15, -0.1) is 11.3 Å². The lowest BCUT2D eigenvalue weighted by Crippen LogP contribution is -2.26. The first kappa shape index (κ1) is 14.0. The quantitative estimate of drug-likeness (QED) is 0.904. The molecule has 0 bridgehead atoms. The highest BCUT2D eigenvalue weighted by atomic mass is 79.9. The molecule has 106 valence electrons. The molecule has 0 aliphatic carbocycles. The third-order valence-corrected chi connectivity index (χ3v) is 5.04. The molecule has 20 heavy (non-hydrogen) atoms. The fourth-order valence-electron chi connectivity index (χ4n) is 2.33. The van der Waals surface area contributed by atoms with Crippen LogP contribution >= 0.6 is 27.3 Å². The zero-order valence-electron chi connectivity index (χ0n) is 11.1. The van der Waals surface area contributed by atoms with Crippen LogP contribution < -0.4 is 10.1 Å². The Morgan fingerprint density at radius 3 is 2.75 bits per heavy atom. The number of rotatable bonds is 4. The predicted molar refractivity (Wildman–Crippen MR) is 85.4 cm³/mol. The molecule has 0 unspecified atom stereocenters. The maximum Gasteiger partial charge on any atom is 0.131 e. The van der Waals surface area contributed by atoms with Gasteiger partial charge in [0.1, 0.15) is 12.4 Å². The van der Waals surface area contributed by atoms with Gasteiger partial charge < -0.3 is 10.1 Å². The van der Waals surface area contributed by atoms with Crippen molar-refractivity contribution in [1.82, 2.24) is 10.3 Å². The van der Waals surface area contributed by atoms with E-state index in [0.29, 0.717) is 12.5 Å². The number of hydrogen-bond donors (Lipinski definition) is 1. The molecule has 0 atom stereocenters. The first-order valence-corrected chi connectivity index (χ1v) is 8.52. The monoisotopic (exact) mass is 352 g/mol. The highest BCUT2D eigenvalue weighted by Gasteiger charge is 2.18. The van der Waals surface area contributed by atoms with E-state index >= 15 is 0 Å². The molecule has 1 fully saturated rings. The summed E-state index contributed by atoms with van der Waals surface area (Å²) in [5.41, 5.74) is 1.03. The summed E-state index contributed by atoms with van der Waals surface area (Å²) in [7, 11) is 0. The van der Waals surface area contributed by atoms with E-state index in [4.69, 9.17) is 9.72 Å². The lowest BCUT2D eigenvalue weighted by molar-refractivity contribution is 0.301. The van der Waals surface area contributed by atoms with Crippen LogP contribution in [0.4, 0.5) is 0 Å². The number of ether oxygens (including phenoxy) is 1. The maximum absolute atomic E-state index is 5.76. The number of piperidine rings is 1. The second-order valence-corrected chi connectivity index (χ2v) is 6.75. The van der Waals surface area contributed by atoms with Gasteiger partial charge in [0.05, 0.1) is 10.7 Å². The lowest BCUT2D eigenvalue weighted by atomic mass is 9.99. The van der Waals surface area contributed by atoms with Crippen molar-refractivity contribution >= 4 is 27.3 Å². The van der Waals surface area contributed by atoms with Crippen molar-refractivity contribution < 1.29 is 4.74 Å². The minimum absolute atomic E-state index is 0.545. The summed E-state index contributed by atoms with van der Waals surface area (Å²) in [6.45, 7) is 2.76. The molecule has 0 spiro atoms. The standard InChI is InChI=1S/C15H17BrN2OS/c16-12-1-3-14(4-2-12)19-9-13-10-20-15(18-13)11-5-7-17-8-6-11/h1-4,10-11,17H,5-9H2. The van der Waals surface area contributed by atoms with Crippen LogP contribution in [-0.2, 0) is 6.61 Å². The number of aromatic nitrogens is 1. The van der Waals surface area contributed by atoms with Crippen LogP contribution in [-0.4, -0.2) is 18.1 Å². The van der Waals surface area contributed by atoms with Gasteiger partial charge in [-0.05, 0) is 50.2 Å². The normalized spacial score (nSPS) is 16.2. The topological polar surface area (TPSA) is 34.1 Å². The van der Waals surface area contributed by atoms with Gasteiger partial charge in [-0.3, -0.25) is 0 Å². The Morgan fingerprint density at radius 2 is 2.00 bits per heavy atom. The van der Waals surface area contributed by atoms with E-state index in [-0.39, 0.29) is 0 Å². The van der Waals surface area contributed by atoms with Crippen molar-refractivity contribution in [2.45, 2.75) is 25.4 Å². The molecule has 3 rings (SSSR count). The average molecular weight is 353 g/mol. The van der Waals surface area contributed by atoms with E-state index in [1.807, 2.05) is 24.3 Å². The van der Waals surface area contributed by atoms with E-state index < -0.39 is 0 Å². The smallest absolute Gasteiger partial charge is 0.131 e. The van der Waals surface area contributed by atoms with Crippen LogP contribution in [0.1, 0.15) is 29.5 Å². The first-order chi connectivity index (χ1) is 9.81. The summed E-state index contributed by atoms with van der Waals surface area (Å²) in [6.07, 6.45) is 2.39. The van der Waals surface area contributed by atoms with Crippen molar-refractivity contribution in [3.05, 3.63) is 44.8 Å². The van der Waals surface area contributed by atoms with Crippen molar-refractivity contribution in [1.29, 1.82) is 0 Å². The fraction of sp³-hybridized carbons (Fsp3) is 0.400. The Balaban J connectivity index is 1.58. The van der Waals surface area contributed by atoms with Gasteiger partial charge in [0.2, 0.25) is 0 Å². The Labute approximate surface area is 131 Å². The van der Waals surface area contributed by atoms with Gasteiger partial charge in [-0.2, -0.15) is 0 Å². The van der Waals surface area contributed by atoms with Gasteiger partial charge in [0.15, 0.2) is 0 Å². The van der Waals surface area contributed by atoms with Gasteiger partial charge in [0.25, 0.3) is 0 Å². The van der Waals surface area contributed by atoms with Gasteiger partial charge >= 0.3 is 0 Å². The molecule has 2 aromatic rings. The molecule has 1 aliphatic heterocycles. The van der Waals surface area contributed by atoms with Gasteiger partial charge in [0, 0.05) is 15.8 Å². The number of benzene rings is 1. The molecular formula is C15H17BrN2OS. The van der Waals surface area contributed by atoms with Crippen LogP contribution in [0.2, 0.25) is 0 Å². The summed E-state index contributed by atoms with van der Waals surface area (Å²) < 4.78 is 6.82.